The van der Waals surface area contributed by atoms with Crippen LogP contribution in [0.1, 0.15) is 0 Å². The maximum Gasteiger partial charge on any atom is 0.324 e. The molecule has 0 aliphatic carbocycles. The summed E-state index contributed by atoms with van der Waals surface area (Å²) in [7, 11) is 0. The summed E-state index contributed by atoms with van der Waals surface area (Å²) in [6, 6.07) is 0. The third-order valence-electron chi connectivity index (χ3n) is 0.188. The van der Waals surface area contributed by atoms with Gasteiger partial charge in [-0.15, -0.1) is 30.2 Å². The molecular weight excluding hydrogens is 188 g/mol. The van der Waals surface area contributed by atoms with Crippen molar-refractivity contribution in [2.24, 2.45) is 0 Å². The fraction of sp³-hybridized carbons (Fsp3) is 0. The molecule has 0 amide bonds. The smallest absolute Gasteiger partial charge is 0.219 e. The zero-order chi connectivity index (χ0) is 9.98. The molecule has 0 saturated carbocycles. The summed E-state index contributed by atoms with van der Waals surface area (Å²) in [4.78, 5) is 23.1. The Labute approximate surface area is 62.4 Å². The van der Waals surface area contributed by atoms with Crippen molar-refractivity contribution in [1.29, 1.82) is 0 Å². The van der Waals surface area contributed by atoms with Gasteiger partial charge in [0, 0.05) is 5.04 Å². The molecule has 0 saturated heterocycles. The van der Waals surface area contributed by atoms with Gasteiger partial charge in [0.1, 0.15) is 0 Å². The average Bonchev–Trinajstić information content (AvgIpc) is 2.02. The Morgan fingerprint density at radius 1 is 1.08 bits per heavy atom. The van der Waals surface area contributed by atoms with Gasteiger partial charge in [-0.25, -0.2) is 10.5 Å². The maximum absolute atomic E-state index is 9.03. The lowest BCUT2D eigenvalue weighted by atomic mass is 13.1. The maximum atomic E-state index is 9.03. The van der Waals surface area contributed by atoms with Crippen LogP contribution in [-0.2, 0) is 20.1 Å². The van der Waals surface area contributed by atoms with Crippen molar-refractivity contribution in [3.63, 3.8) is 0 Å². The predicted molar refractivity (Wildman–Crippen MR) is 23.6 cm³/mol. The minimum absolute atomic E-state index is 1.30. The Morgan fingerprint density at radius 2 is 1.50 bits per heavy atom. The first-order valence-corrected chi connectivity index (χ1v) is 1.79. The zero-order valence-electron chi connectivity index (χ0n) is 5.05. The lowest BCUT2D eigenvalue weighted by Crippen LogP contribution is -2.00. The molecule has 12 nitrogen and oxygen atoms in total. The van der Waals surface area contributed by atoms with Gasteiger partial charge < -0.3 is 0 Å². The van der Waals surface area contributed by atoms with Crippen LogP contribution in [-0.4, -0.2) is 20.7 Å². The van der Waals surface area contributed by atoms with E-state index < -0.39 is 10.2 Å². The first-order chi connectivity index (χ1) is 5.54. The second-order valence-corrected chi connectivity index (χ2v) is 0.746. The minimum atomic E-state index is -1.32. The molecule has 0 aromatic rings. The van der Waals surface area contributed by atoms with Crippen LogP contribution in [0, 0.1) is 20.2 Å². The fourth-order valence-corrected chi connectivity index (χ4v) is 0.0385. The van der Waals surface area contributed by atoms with Crippen molar-refractivity contribution in [1.82, 2.24) is 0 Å². The number of rotatable bonds is 4. The van der Waals surface area contributed by atoms with Gasteiger partial charge in [-0.2, -0.15) is 0 Å². The number of hydrogen-bond donors (Lipinski definition) is 2. The fourth-order valence-electron chi connectivity index (χ4n) is 0.0385. The van der Waals surface area contributed by atoms with Gasteiger partial charge in [-0.1, -0.05) is 0 Å². The second kappa shape index (κ2) is 9.24. The molecule has 0 radical (unpaired) electrons. The van der Waals surface area contributed by atoms with Crippen LogP contribution in [0.3, 0.4) is 0 Å². The highest BCUT2D eigenvalue weighted by atomic mass is 17.7. The monoisotopic (exact) mass is 190 g/mol. The highest BCUT2D eigenvalue weighted by Gasteiger charge is 1.91. The molecule has 0 bridgehead atoms. The van der Waals surface area contributed by atoms with Crippen molar-refractivity contribution in [3.8, 4) is 0 Å². The molecule has 0 heterocycles. The Bertz CT molecular complexity index is 128. The highest BCUT2D eigenvalue weighted by molar-refractivity contribution is 3.85. The van der Waals surface area contributed by atoms with Gasteiger partial charge in [0.15, 0.2) is 0 Å². The van der Waals surface area contributed by atoms with Crippen molar-refractivity contribution in [3.05, 3.63) is 20.2 Å². The van der Waals surface area contributed by atoms with E-state index in [0.29, 0.717) is 0 Å². The van der Waals surface area contributed by atoms with E-state index in [1.54, 1.807) is 0 Å². The van der Waals surface area contributed by atoms with Crippen LogP contribution in [0.25, 0.3) is 0 Å². The molecule has 0 fully saturated rings. The Balaban J connectivity index is 0. The third-order valence-corrected chi connectivity index (χ3v) is 0.188. The van der Waals surface area contributed by atoms with E-state index in [1.165, 1.54) is 0 Å². The van der Waals surface area contributed by atoms with E-state index >= 15 is 0 Å². The van der Waals surface area contributed by atoms with Crippen LogP contribution >= 0.6 is 0 Å². The van der Waals surface area contributed by atoms with Gasteiger partial charge in [0.2, 0.25) is 0 Å². The number of hydrogen-bond acceptors (Lipinski definition) is 10. The summed E-state index contributed by atoms with van der Waals surface area (Å²) in [5, 5.41) is 34.9. The van der Waals surface area contributed by atoms with E-state index in [-0.39, 0.29) is 0 Å². The summed E-state index contributed by atoms with van der Waals surface area (Å²) in [6.45, 7) is 0. The molecule has 0 aromatic heterocycles. The Kier molecular flexibility index (Phi) is 9.91. The molecule has 0 aliphatic rings. The van der Waals surface area contributed by atoms with Crippen LogP contribution in [0.5, 0.6) is 0 Å². The molecule has 0 unspecified atom stereocenters. The summed E-state index contributed by atoms with van der Waals surface area (Å²) in [5.41, 5.74) is 0. The largest absolute Gasteiger partial charge is 0.324 e. The second-order valence-electron chi connectivity index (χ2n) is 0.746. The first-order valence-electron chi connectivity index (χ1n) is 1.79. The summed E-state index contributed by atoms with van der Waals surface area (Å²) in [6.07, 6.45) is 0. The van der Waals surface area contributed by atoms with Crippen molar-refractivity contribution in [2.45, 2.75) is 0 Å². The third kappa shape index (κ3) is 24.0. The molecule has 0 atom stereocenters. The van der Waals surface area contributed by atoms with Crippen molar-refractivity contribution in [2.75, 3.05) is 0 Å². The molecule has 0 aliphatic heterocycles. The van der Waals surface area contributed by atoms with Crippen molar-refractivity contribution >= 4 is 0 Å². The highest BCUT2D eigenvalue weighted by Crippen LogP contribution is 1.74. The molecular formula is H2N2O10. The van der Waals surface area contributed by atoms with E-state index in [1.807, 2.05) is 0 Å². The summed E-state index contributed by atoms with van der Waals surface area (Å²) >= 11 is 0. The molecule has 12 heteroatoms. The van der Waals surface area contributed by atoms with Gasteiger partial charge in [-0.3, -0.25) is 0 Å². The molecule has 0 spiro atoms. The SMILES string of the molecule is O=[N+]([O-])OO.O=[N+]([O-])OOOO. The van der Waals surface area contributed by atoms with Gasteiger partial charge in [-0.05, 0) is 5.04 Å². The Hall–Kier alpha value is -1.76. The van der Waals surface area contributed by atoms with Crippen LogP contribution in [0.2, 0.25) is 0 Å². The summed E-state index contributed by atoms with van der Waals surface area (Å²) in [5.74, 6) is 0. The molecule has 0 aromatic carbocycles. The predicted octanol–water partition coefficient (Wildman–Crippen LogP) is -0.801. The van der Waals surface area contributed by atoms with Gasteiger partial charge >= 0.3 is 10.2 Å². The van der Waals surface area contributed by atoms with Crippen LogP contribution in [0.15, 0.2) is 0 Å². The topological polar surface area (TPSA) is 164 Å². The van der Waals surface area contributed by atoms with Crippen LogP contribution in [0.4, 0.5) is 0 Å². The van der Waals surface area contributed by atoms with E-state index in [9.17, 15) is 0 Å². The van der Waals surface area contributed by atoms with E-state index in [4.69, 9.17) is 30.7 Å². The number of nitrogens with zero attached hydrogens (tertiary/aromatic N) is 2. The standard InChI is InChI=1S/HNO6.HNO4/c2-1(3)5-7-6-4;2-1(3)5-4/h4H;4H. The lowest BCUT2D eigenvalue weighted by molar-refractivity contribution is -0.909. The molecule has 2 N–H and O–H groups in total. The van der Waals surface area contributed by atoms with Gasteiger partial charge in [0.05, 0.1) is 0 Å². The zero-order valence-corrected chi connectivity index (χ0v) is 5.05. The first kappa shape index (κ1) is 12.9. The van der Waals surface area contributed by atoms with Gasteiger partial charge in [0.25, 0.3) is 0 Å². The average molecular weight is 190 g/mol. The molecule has 72 valence electrons. The minimum Gasteiger partial charge on any atom is -0.219 e. The van der Waals surface area contributed by atoms with E-state index in [2.05, 4.69) is 20.1 Å². The quantitative estimate of drug-likeness (QED) is 0.325. The summed E-state index contributed by atoms with van der Waals surface area (Å²) < 4.78 is 0. The normalized spacial score (nSPS) is 7.50. The molecule has 0 rings (SSSR count). The molecule has 12 heavy (non-hydrogen) atoms. The Morgan fingerprint density at radius 3 is 1.58 bits per heavy atom. The van der Waals surface area contributed by atoms with Crippen LogP contribution < -0.4 is 0 Å². The lowest BCUT2D eigenvalue weighted by Gasteiger charge is -1.85. The van der Waals surface area contributed by atoms with E-state index in [0.717, 1.165) is 0 Å². The van der Waals surface area contributed by atoms with Crippen molar-refractivity contribution < 1.29 is 40.7 Å².